The molecule has 1 rings (SSSR count). The molecule has 14 heavy (non-hydrogen) atoms. The highest BCUT2D eigenvalue weighted by atomic mass is 32.1. The summed E-state index contributed by atoms with van der Waals surface area (Å²) in [5, 5.41) is 12.9. The Morgan fingerprint density at radius 1 is 1.79 bits per heavy atom. The first-order valence-electron chi connectivity index (χ1n) is 3.90. The van der Waals surface area contributed by atoms with Crippen molar-refractivity contribution in [1.29, 1.82) is 0 Å². The molecule has 0 atom stereocenters. The average Bonchev–Trinajstić information content (AvgIpc) is 2.69. The lowest BCUT2D eigenvalue weighted by molar-refractivity contribution is 0.0818. The van der Waals surface area contributed by atoms with Gasteiger partial charge in [-0.25, -0.2) is 0 Å². The van der Waals surface area contributed by atoms with Crippen LogP contribution in [0.15, 0.2) is 22.7 Å². The van der Waals surface area contributed by atoms with Gasteiger partial charge < -0.3 is 15.8 Å². The van der Waals surface area contributed by atoms with E-state index in [4.69, 9.17) is 10.9 Å². The minimum absolute atomic E-state index is 0.0115. The van der Waals surface area contributed by atoms with Crippen molar-refractivity contribution in [3.8, 4) is 0 Å². The molecule has 0 unspecified atom stereocenters. The number of hydrogen-bond donors (Lipinski definition) is 2. The van der Waals surface area contributed by atoms with E-state index in [9.17, 15) is 4.79 Å². The Morgan fingerprint density at radius 3 is 3.00 bits per heavy atom. The van der Waals surface area contributed by atoms with Gasteiger partial charge in [0.05, 0.1) is 11.4 Å². The van der Waals surface area contributed by atoms with Gasteiger partial charge in [0.25, 0.3) is 5.91 Å². The number of hydrogen-bond acceptors (Lipinski definition) is 4. The van der Waals surface area contributed by atoms with Gasteiger partial charge in [-0.15, -0.1) is 11.3 Å². The van der Waals surface area contributed by atoms with Gasteiger partial charge in [-0.1, -0.05) is 11.2 Å². The van der Waals surface area contributed by atoms with Crippen LogP contribution in [0.25, 0.3) is 0 Å². The summed E-state index contributed by atoms with van der Waals surface area (Å²) < 4.78 is 0. The number of thiophene rings is 1. The monoisotopic (exact) mass is 213 g/mol. The summed E-state index contributed by atoms with van der Waals surface area (Å²) in [6.45, 7) is 0.118. The maximum Gasteiger partial charge on any atom is 0.264 e. The number of likely N-dealkylation sites (N-methyl/N-ethyl adjacent to an activating group) is 1. The lowest BCUT2D eigenvalue weighted by Crippen LogP contribution is -2.35. The molecule has 0 saturated heterocycles. The first-order chi connectivity index (χ1) is 6.65. The molecule has 1 aromatic rings. The minimum atomic E-state index is -0.133. The molecule has 0 aliphatic heterocycles. The molecule has 1 heterocycles. The quantitative estimate of drug-likeness (QED) is 0.333. The second kappa shape index (κ2) is 4.61. The molecule has 0 aromatic carbocycles. The zero-order chi connectivity index (χ0) is 10.6. The van der Waals surface area contributed by atoms with Crippen molar-refractivity contribution < 1.29 is 10.0 Å². The number of amides is 1. The Hall–Kier alpha value is -1.56. The first-order valence-corrected chi connectivity index (χ1v) is 4.78. The van der Waals surface area contributed by atoms with E-state index in [-0.39, 0.29) is 18.3 Å². The van der Waals surface area contributed by atoms with E-state index in [0.717, 1.165) is 0 Å². The van der Waals surface area contributed by atoms with Gasteiger partial charge in [-0.3, -0.25) is 4.79 Å². The molecule has 5 nitrogen and oxygen atoms in total. The van der Waals surface area contributed by atoms with E-state index >= 15 is 0 Å². The third-order valence-electron chi connectivity index (χ3n) is 1.61. The Kier molecular flexibility index (Phi) is 3.47. The predicted molar refractivity (Wildman–Crippen MR) is 54.7 cm³/mol. The normalized spacial score (nSPS) is 11.4. The number of amidine groups is 1. The molecule has 0 aliphatic rings. The summed E-state index contributed by atoms with van der Waals surface area (Å²) in [4.78, 5) is 13.6. The minimum Gasteiger partial charge on any atom is -0.409 e. The van der Waals surface area contributed by atoms with Crippen LogP contribution in [-0.2, 0) is 0 Å². The van der Waals surface area contributed by atoms with Gasteiger partial charge in [-0.05, 0) is 11.4 Å². The van der Waals surface area contributed by atoms with Crippen molar-refractivity contribution in [3.05, 3.63) is 22.4 Å². The maximum absolute atomic E-state index is 11.6. The summed E-state index contributed by atoms with van der Waals surface area (Å²) in [7, 11) is 1.60. The van der Waals surface area contributed by atoms with Crippen molar-refractivity contribution in [3.63, 3.8) is 0 Å². The van der Waals surface area contributed by atoms with Gasteiger partial charge in [0.2, 0.25) is 0 Å². The Balaban J connectivity index is 2.62. The Bertz CT molecular complexity index is 334. The number of oxime groups is 1. The predicted octanol–water partition coefficient (Wildman–Crippen LogP) is 0.566. The number of carbonyl (C=O) groups is 1. The fourth-order valence-corrected chi connectivity index (χ4v) is 1.65. The number of nitrogens with two attached hydrogens (primary N) is 1. The van der Waals surface area contributed by atoms with E-state index in [0.29, 0.717) is 4.88 Å². The SMILES string of the molecule is CN(CC(N)=NO)C(=O)c1cccs1. The van der Waals surface area contributed by atoms with Crippen LogP contribution in [-0.4, -0.2) is 35.4 Å². The molecule has 0 saturated carbocycles. The summed E-state index contributed by atoms with van der Waals surface area (Å²) >= 11 is 1.36. The molecular weight excluding hydrogens is 202 g/mol. The summed E-state index contributed by atoms with van der Waals surface area (Å²) in [6.07, 6.45) is 0. The third kappa shape index (κ3) is 2.46. The van der Waals surface area contributed by atoms with E-state index in [1.165, 1.54) is 16.2 Å². The van der Waals surface area contributed by atoms with Gasteiger partial charge in [0.1, 0.15) is 0 Å². The Morgan fingerprint density at radius 2 is 2.50 bits per heavy atom. The van der Waals surface area contributed by atoms with Gasteiger partial charge in [0, 0.05) is 7.05 Å². The summed E-state index contributed by atoms with van der Waals surface area (Å²) in [5.41, 5.74) is 5.27. The fraction of sp³-hybridized carbons (Fsp3) is 0.250. The molecule has 3 N–H and O–H groups in total. The van der Waals surface area contributed by atoms with Gasteiger partial charge >= 0.3 is 0 Å². The van der Waals surface area contributed by atoms with Crippen LogP contribution in [0.5, 0.6) is 0 Å². The van der Waals surface area contributed by atoms with Crippen LogP contribution in [0.3, 0.4) is 0 Å². The summed E-state index contributed by atoms with van der Waals surface area (Å²) in [5.74, 6) is -0.121. The highest BCUT2D eigenvalue weighted by Crippen LogP contribution is 2.10. The van der Waals surface area contributed by atoms with E-state index in [2.05, 4.69) is 5.16 Å². The van der Waals surface area contributed by atoms with Crippen molar-refractivity contribution in [2.75, 3.05) is 13.6 Å². The number of nitrogens with zero attached hydrogens (tertiary/aromatic N) is 2. The van der Waals surface area contributed by atoms with Crippen LogP contribution >= 0.6 is 11.3 Å². The zero-order valence-corrected chi connectivity index (χ0v) is 8.49. The number of rotatable bonds is 3. The third-order valence-corrected chi connectivity index (χ3v) is 2.46. The van der Waals surface area contributed by atoms with E-state index < -0.39 is 0 Å². The van der Waals surface area contributed by atoms with Crippen LogP contribution in [0, 0.1) is 0 Å². The standard InChI is InChI=1S/C8H11N3O2S/c1-11(5-7(9)10-13)8(12)6-3-2-4-14-6/h2-4,13H,5H2,1H3,(H2,9,10). The fourth-order valence-electron chi connectivity index (χ4n) is 0.935. The lowest BCUT2D eigenvalue weighted by Gasteiger charge is -2.14. The molecule has 0 fully saturated rings. The molecule has 1 amide bonds. The number of carbonyl (C=O) groups excluding carboxylic acids is 1. The molecule has 0 bridgehead atoms. The molecule has 0 radical (unpaired) electrons. The molecule has 76 valence electrons. The molecule has 0 spiro atoms. The zero-order valence-electron chi connectivity index (χ0n) is 7.67. The van der Waals surface area contributed by atoms with Crippen LogP contribution in [0.4, 0.5) is 0 Å². The second-order valence-electron chi connectivity index (χ2n) is 2.73. The summed E-state index contributed by atoms with van der Waals surface area (Å²) in [6, 6.07) is 3.53. The highest BCUT2D eigenvalue weighted by Gasteiger charge is 2.13. The van der Waals surface area contributed by atoms with Crippen molar-refractivity contribution >= 4 is 23.1 Å². The largest absolute Gasteiger partial charge is 0.409 e. The lowest BCUT2D eigenvalue weighted by atomic mass is 10.4. The Labute approximate surface area is 85.4 Å². The van der Waals surface area contributed by atoms with E-state index in [1.54, 1.807) is 19.2 Å². The van der Waals surface area contributed by atoms with Crippen LogP contribution in [0.2, 0.25) is 0 Å². The smallest absolute Gasteiger partial charge is 0.264 e. The topological polar surface area (TPSA) is 78.9 Å². The van der Waals surface area contributed by atoms with Crippen molar-refractivity contribution in [2.24, 2.45) is 10.9 Å². The van der Waals surface area contributed by atoms with Crippen molar-refractivity contribution in [2.45, 2.75) is 0 Å². The maximum atomic E-state index is 11.6. The van der Waals surface area contributed by atoms with Gasteiger partial charge in [-0.2, -0.15) is 0 Å². The van der Waals surface area contributed by atoms with Crippen molar-refractivity contribution in [1.82, 2.24) is 4.90 Å². The first kappa shape index (κ1) is 10.5. The highest BCUT2D eigenvalue weighted by molar-refractivity contribution is 7.12. The molecular formula is C8H11N3O2S. The van der Waals surface area contributed by atoms with Crippen LogP contribution in [0.1, 0.15) is 9.67 Å². The van der Waals surface area contributed by atoms with Crippen LogP contribution < -0.4 is 5.73 Å². The average molecular weight is 213 g/mol. The van der Waals surface area contributed by atoms with Gasteiger partial charge in [0.15, 0.2) is 5.84 Å². The van der Waals surface area contributed by atoms with E-state index in [1.807, 2.05) is 5.38 Å². The molecule has 0 aliphatic carbocycles. The molecule has 6 heteroatoms. The molecule has 1 aromatic heterocycles. The second-order valence-corrected chi connectivity index (χ2v) is 3.68.